The van der Waals surface area contributed by atoms with Crippen LogP contribution in [0.5, 0.6) is 5.75 Å². The number of anilines is 2. The maximum Gasteiger partial charge on any atom is 0.163 e. The van der Waals surface area contributed by atoms with Crippen LogP contribution in [0.2, 0.25) is 0 Å². The number of benzene rings is 3. The normalized spacial score (nSPS) is 10.8. The predicted octanol–water partition coefficient (Wildman–Crippen LogP) is 6.39. The molecule has 2 heterocycles. The van der Waals surface area contributed by atoms with Gasteiger partial charge in [0, 0.05) is 46.8 Å². The number of hydrogen-bond donors (Lipinski definition) is 2. The SMILES string of the molecule is C=C(NCCc1ccccc1F)c1ccccc1Nc1nc(-c2cccnc2)nc2ccc(OC)cc12. The van der Waals surface area contributed by atoms with E-state index in [1.165, 1.54) is 6.07 Å². The van der Waals surface area contributed by atoms with Crippen molar-refractivity contribution in [1.82, 2.24) is 20.3 Å². The van der Waals surface area contributed by atoms with E-state index in [0.29, 0.717) is 35.9 Å². The summed E-state index contributed by atoms with van der Waals surface area (Å²) in [6.07, 6.45) is 4.01. The van der Waals surface area contributed by atoms with Crippen LogP contribution in [-0.4, -0.2) is 28.6 Å². The number of hydrogen-bond acceptors (Lipinski definition) is 6. The highest BCUT2D eigenvalue weighted by atomic mass is 19.1. The van der Waals surface area contributed by atoms with Gasteiger partial charge in [0.15, 0.2) is 5.82 Å². The van der Waals surface area contributed by atoms with E-state index in [9.17, 15) is 4.39 Å². The molecule has 6 nitrogen and oxygen atoms in total. The minimum absolute atomic E-state index is 0.201. The Kier molecular flexibility index (Phi) is 7.03. The average molecular weight is 492 g/mol. The molecular formula is C30H26FN5O. The van der Waals surface area contributed by atoms with Gasteiger partial charge in [0.05, 0.1) is 12.6 Å². The van der Waals surface area contributed by atoms with Crippen molar-refractivity contribution >= 4 is 28.1 Å². The van der Waals surface area contributed by atoms with E-state index in [0.717, 1.165) is 33.4 Å². The molecule has 0 saturated carbocycles. The van der Waals surface area contributed by atoms with Crippen molar-refractivity contribution in [3.8, 4) is 17.1 Å². The molecule has 5 aromatic rings. The highest BCUT2D eigenvalue weighted by Crippen LogP contribution is 2.32. The first kappa shape index (κ1) is 23.9. The molecule has 0 aliphatic heterocycles. The van der Waals surface area contributed by atoms with Crippen LogP contribution in [-0.2, 0) is 6.42 Å². The highest BCUT2D eigenvalue weighted by Gasteiger charge is 2.14. The molecule has 0 aliphatic carbocycles. The van der Waals surface area contributed by atoms with Crippen molar-refractivity contribution in [2.75, 3.05) is 19.0 Å². The van der Waals surface area contributed by atoms with Crippen molar-refractivity contribution in [2.45, 2.75) is 6.42 Å². The topological polar surface area (TPSA) is 72.0 Å². The maximum absolute atomic E-state index is 14.0. The molecular weight excluding hydrogens is 465 g/mol. The Balaban J connectivity index is 1.45. The first-order valence-electron chi connectivity index (χ1n) is 11.9. The maximum atomic E-state index is 14.0. The van der Waals surface area contributed by atoms with Gasteiger partial charge >= 0.3 is 0 Å². The van der Waals surface area contributed by atoms with E-state index in [-0.39, 0.29) is 5.82 Å². The summed E-state index contributed by atoms with van der Waals surface area (Å²) >= 11 is 0. The molecule has 0 bridgehead atoms. The zero-order valence-corrected chi connectivity index (χ0v) is 20.4. The van der Waals surface area contributed by atoms with E-state index in [4.69, 9.17) is 14.7 Å². The number of aromatic nitrogens is 3. The summed E-state index contributed by atoms with van der Waals surface area (Å²) in [6.45, 7) is 4.78. The lowest BCUT2D eigenvalue weighted by Crippen LogP contribution is -2.16. The van der Waals surface area contributed by atoms with E-state index in [1.807, 2.05) is 60.7 Å². The van der Waals surface area contributed by atoms with Gasteiger partial charge in [-0.1, -0.05) is 43.0 Å². The smallest absolute Gasteiger partial charge is 0.163 e. The van der Waals surface area contributed by atoms with Crippen LogP contribution in [0.25, 0.3) is 28.0 Å². The minimum atomic E-state index is -0.201. The number of methoxy groups -OCH3 is 1. The Morgan fingerprint density at radius 3 is 2.62 bits per heavy atom. The van der Waals surface area contributed by atoms with Crippen LogP contribution >= 0.6 is 0 Å². The molecule has 2 aromatic heterocycles. The van der Waals surface area contributed by atoms with Crippen molar-refractivity contribution < 1.29 is 9.13 Å². The molecule has 0 aliphatic rings. The van der Waals surface area contributed by atoms with Crippen LogP contribution in [0.4, 0.5) is 15.9 Å². The lowest BCUT2D eigenvalue weighted by atomic mass is 10.1. The zero-order valence-electron chi connectivity index (χ0n) is 20.4. The van der Waals surface area contributed by atoms with Gasteiger partial charge in [-0.2, -0.15) is 0 Å². The van der Waals surface area contributed by atoms with Crippen LogP contribution in [0, 0.1) is 5.82 Å². The second-order valence-electron chi connectivity index (χ2n) is 8.44. The summed E-state index contributed by atoms with van der Waals surface area (Å²) in [6, 6.07) is 24.1. The lowest BCUT2D eigenvalue weighted by molar-refractivity contribution is 0.415. The van der Waals surface area contributed by atoms with E-state index in [2.05, 4.69) is 22.2 Å². The first-order chi connectivity index (χ1) is 18.1. The molecule has 0 spiro atoms. The quantitative estimate of drug-likeness (QED) is 0.249. The highest BCUT2D eigenvalue weighted by molar-refractivity contribution is 5.94. The molecule has 0 atom stereocenters. The molecule has 5 rings (SSSR count). The molecule has 0 unspecified atom stereocenters. The molecule has 0 amide bonds. The Labute approximate surface area is 214 Å². The number of nitrogens with one attached hydrogen (secondary N) is 2. The molecule has 7 heteroatoms. The van der Waals surface area contributed by atoms with Gasteiger partial charge in [-0.05, 0) is 54.4 Å². The van der Waals surface area contributed by atoms with Gasteiger partial charge in [0.1, 0.15) is 17.4 Å². The third-order valence-corrected chi connectivity index (χ3v) is 6.02. The van der Waals surface area contributed by atoms with Crippen LogP contribution in [0.3, 0.4) is 0 Å². The summed E-state index contributed by atoms with van der Waals surface area (Å²) in [7, 11) is 1.63. The van der Waals surface area contributed by atoms with E-state index in [1.54, 1.807) is 31.6 Å². The third kappa shape index (κ3) is 5.41. The van der Waals surface area contributed by atoms with Crippen molar-refractivity contribution in [3.05, 3.63) is 115 Å². The first-order valence-corrected chi connectivity index (χ1v) is 11.9. The number of pyridine rings is 1. The second kappa shape index (κ2) is 10.9. The summed E-state index contributed by atoms with van der Waals surface area (Å²) in [4.78, 5) is 13.8. The number of rotatable bonds is 9. The molecule has 37 heavy (non-hydrogen) atoms. The minimum Gasteiger partial charge on any atom is -0.497 e. The van der Waals surface area contributed by atoms with Gasteiger partial charge in [-0.15, -0.1) is 0 Å². The third-order valence-electron chi connectivity index (χ3n) is 6.02. The van der Waals surface area contributed by atoms with Gasteiger partial charge in [0.2, 0.25) is 0 Å². The van der Waals surface area contributed by atoms with E-state index >= 15 is 0 Å². The number of halogens is 1. The number of ether oxygens (including phenoxy) is 1. The van der Waals surface area contributed by atoms with Gasteiger partial charge in [0.25, 0.3) is 0 Å². The monoisotopic (exact) mass is 491 g/mol. The predicted molar refractivity (Wildman–Crippen MR) is 146 cm³/mol. The lowest BCUT2D eigenvalue weighted by Gasteiger charge is -2.17. The zero-order chi connectivity index (χ0) is 25.6. The Morgan fingerprint density at radius 2 is 1.81 bits per heavy atom. The van der Waals surface area contributed by atoms with E-state index < -0.39 is 0 Å². The van der Waals surface area contributed by atoms with Crippen molar-refractivity contribution in [1.29, 1.82) is 0 Å². The van der Waals surface area contributed by atoms with Crippen LogP contribution < -0.4 is 15.4 Å². The number of nitrogens with zero attached hydrogens (tertiary/aromatic N) is 3. The van der Waals surface area contributed by atoms with Gasteiger partial charge < -0.3 is 15.4 Å². The summed E-state index contributed by atoms with van der Waals surface area (Å²) in [5, 5.41) is 7.64. The number of fused-ring (bicyclic) bond motifs is 1. The number of para-hydroxylation sites is 1. The van der Waals surface area contributed by atoms with Crippen molar-refractivity contribution in [3.63, 3.8) is 0 Å². The summed E-state index contributed by atoms with van der Waals surface area (Å²) in [5.41, 5.74) is 4.69. The van der Waals surface area contributed by atoms with Gasteiger partial charge in [-0.3, -0.25) is 4.98 Å². The molecule has 3 aromatic carbocycles. The molecule has 2 N–H and O–H groups in total. The Bertz CT molecular complexity index is 1560. The van der Waals surface area contributed by atoms with Crippen LogP contribution in [0.1, 0.15) is 11.1 Å². The summed E-state index contributed by atoms with van der Waals surface area (Å²) < 4.78 is 19.4. The fourth-order valence-corrected chi connectivity index (χ4v) is 4.08. The van der Waals surface area contributed by atoms with Crippen molar-refractivity contribution in [2.24, 2.45) is 0 Å². The largest absolute Gasteiger partial charge is 0.497 e. The molecule has 0 saturated heterocycles. The van der Waals surface area contributed by atoms with Crippen LogP contribution in [0.15, 0.2) is 97.8 Å². The Hall–Kier alpha value is -4.78. The molecule has 0 fully saturated rings. The molecule has 184 valence electrons. The average Bonchev–Trinajstić information content (AvgIpc) is 2.94. The van der Waals surface area contributed by atoms with Gasteiger partial charge in [-0.25, -0.2) is 14.4 Å². The standard InChI is InChI=1S/C30H26FN5O/c1-20(33-17-15-21-8-3-5-11-26(21)31)24-10-4-6-12-27(24)35-30-25-18-23(37-2)13-14-28(25)34-29(36-30)22-9-7-16-32-19-22/h3-14,16,18-19,33H,1,15,17H2,2H3,(H,34,35,36). The Morgan fingerprint density at radius 1 is 0.973 bits per heavy atom. The fraction of sp³-hybridized carbons (Fsp3) is 0.100. The fourth-order valence-electron chi connectivity index (χ4n) is 4.08. The molecule has 0 radical (unpaired) electrons. The second-order valence-corrected chi connectivity index (χ2v) is 8.44. The summed E-state index contributed by atoms with van der Waals surface area (Å²) in [5.74, 6) is 1.70.